The van der Waals surface area contributed by atoms with E-state index in [4.69, 9.17) is 5.73 Å². The van der Waals surface area contributed by atoms with Gasteiger partial charge in [-0.3, -0.25) is 0 Å². The Hall–Kier alpha value is -0.870. The van der Waals surface area contributed by atoms with Crippen LogP contribution >= 0.6 is 22.6 Å². The molecule has 1 atom stereocenters. The topological polar surface area (TPSA) is 26.0 Å². The molecule has 2 rings (SSSR count). The van der Waals surface area contributed by atoms with Crippen molar-refractivity contribution in [1.29, 1.82) is 0 Å². The Labute approximate surface area is 129 Å². The Morgan fingerprint density at radius 2 is 1.68 bits per heavy atom. The third-order valence-corrected chi connectivity index (χ3v) is 4.05. The second kappa shape index (κ2) is 6.53. The first-order valence-electron chi connectivity index (χ1n) is 6.66. The summed E-state index contributed by atoms with van der Waals surface area (Å²) in [5, 5.41) is 0. The molecule has 0 radical (unpaired) electrons. The van der Waals surface area contributed by atoms with Gasteiger partial charge < -0.3 is 5.73 Å². The number of halogens is 1. The summed E-state index contributed by atoms with van der Waals surface area (Å²) in [6.45, 7) is 4.43. The SMILES string of the molecule is CC(C)c1ccc(CC(N)c2cccc(I)c2)cc1. The molecular formula is C17H20IN. The normalized spacial score (nSPS) is 12.7. The largest absolute Gasteiger partial charge is 0.324 e. The minimum Gasteiger partial charge on any atom is -0.324 e. The fraction of sp³-hybridized carbons (Fsp3) is 0.294. The molecule has 0 amide bonds. The number of nitrogens with two attached hydrogens (primary N) is 1. The molecule has 0 fully saturated rings. The highest BCUT2D eigenvalue weighted by Crippen LogP contribution is 2.20. The Balaban J connectivity index is 2.08. The van der Waals surface area contributed by atoms with Gasteiger partial charge in [0.15, 0.2) is 0 Å². The molecule has 2 N–H and O–H groups in total. The molecule has 0 aromatic heterocycles. The molecule has 0 saturated heterocycles. The Kier molecular flexibility index (Phi) is 4.99. The minimum absolute atomic E-state index is 0.0691. The van der Waals surface area contributed by atoms with Crippen LogP contribution < -0.4 is 5.73 Å². The molecule has 1 unspecified atom stereocenters. The van der Waals surface area contributed by atoms with E-state index in [2.05, 4.69) is 85.0 Å². The molecule has 0 bridgehead atoms. The van der Waals surface area contributed by atoms with Crippen molar-refractivity contribution >= 4 is 22.6 Å². The third-order valence-electron chi connectivity index (χ3n) is 3.38. The quantitative estimate of drug-likeness (QED) is 0.784. The predicted molar refractivity (Wildman–Crippen MR) is 90.3 cm³/mol. The zero-order valence-corrected chi connectivity index (χ0v) is 13.6. The Morgan fingerprint density at radius 1 is 1.00 bits per heavy atom. The van der Waals surface area contributed by atoms with E-state index in [9.17, 15) is 0 Å². The Bertz CT molecular complexity index is 531. The summed E-state index contributed by atoms with van der Waals surface area (Å²) < 4.78 is 1.24. The van der Waals surface area contributed by atoms with E-state index in [0.29, 0.717) is 5.92 Å². The van der Waals surface area contributed by atoms with Gasteiger partial charge in [-0.15, -0.1) is 0 Å². The van der Waals surface area contributed by atoms with Gasteiger partial charge in [0.05, 0.1) is 0 Å². The van der Waals surface area contributed by atoms with E-state index in [-0.39, 0.29) is 6.04 Å². The fourth-order valence-electron chi connectivity index (χ4n) is 2.15. The summed E-state index contributed by atoms with van der Waals surface area (Å²) in [4.78, 5) is 0. The van der Waals surface area contributed by atoms with Crippen LogP contribution in [0.15, 0.2) is 48.5 Å². The lowest BCUT2D eigenvalue weighted by Gasteiger charge is -2.13. The molecule has 2 aromatic rings. The first kappa shape index (κ1) is 14.5. The van der Waals surface area contributed by atoms with Gasteiger partial charge in [-0.2, -0.15) is 0 Å². The second-order valence-electron chi connectivity index (χ2n) is 5.26. The summed E-state index contributed by atoms with van der Waals surface area (Å²) in [6.07, 6.45) is 0.887. The number of hydrogen-bond donors (Lipinski definition) is 1. The number of rotatable bonds is 4. The molecular weight excluding hydrogens is 345 g/mol. The van der Waals surface area contributed by atoms with E-state index in [1.807, 2.05) is 0 Å². The van der Waals surface area contributed by atoms with Gasteiger partial charge in [-0.25, -0.2) is 0 Å². The highest BCUT2D eigenvalue weighted by molar-refractivity contribution is 14.1. The average molecular weight is 365 g/mol. The molecule has 2 heteroatoms. The summed E-state index contributed by atoms with van der Waals surface area (Å²) in [5.74, 6) is 0.582. The molecule has 1 nitrogen and oxygen atoms in total. The first-order chi connectivity index (χ1) is 9.06. The van der Waals surface area contributed by atoms with E-state index in [1.54, 1.807) is 0 Å². The zero-order chi connectivity index (χ0) is 13.8. The maximum Gasteiger partial charge on any atom is 0.0336 e. The van der Waals surface area contributed by atoms with Crippen LogP contribution in [-0.2, 0) is 6.42 Å². The zero-order valence-electron chi connectivity index (χ0n) is 11.4. The third kappa shape index (κ3) is 4.05. The number of hydrogen-bond acceptors (Lipinski definition) is 1. The average Bonchev–Trinajstić information content (AvgIpc) is 2.39. The van der Waals surface area contributed by atoms with E-state index < -0.39 is 0 Å². The van der Waals surface area contributed by atoms with Gasteiger partial charge in [0, 0.05) is 9.61 Å². The van der Waals surface area contributed by atoms with Crippen LogP contribution in [0.2, 0.25) is 0 Å². The van der Waals surface area contributed by atoms with Gasteiger partial charge in [0.25, 0.3) is 0 Å². The van der Waals surface area contributed by atoms with E-state index >= 15 is 0 Å². The smallest absolute Gasteiger partial charge is 0.0336 e. The van der Waals surface area contributed by atoms with Crippen LogP contribution in [0.25, 0.3) is 0 Å². The standard InChI is InChI=1S/C17H20IN/c1-12(2)14-8-6-13(7-9-14)10-17(19)15-4-3-5-16(18)11-15/h3-9,11-12,17H,10,19H2,1-2H3. The van der Waals surface area contributed by atoms with Crippen LogP contribution in [0.3, 0.4) is 0 Å². The molecule has 19 heavy (non-hydrogen) atoms. The summed E-state index contributed by atoms with van der Waals surface area (Å²) >= 11 is 2.33. The van der Waals surface area contributed by atoms with Gasteiger partial charge >= 0.3 is 0 Å². The molecule has 0 heterocycles. The highest BCUT2D eigenvalue weighted by atomic mass is 127. The highest BCUT2D eigenvalue weighted by Gasteiger charge is 2.08. The first-order valence-corrected chi connectivity index (χ1v) is 7.74. The van der Waals surface area contributed by atoms with Crippen molar-refractivity contribution in [1.82, 2.24) is 0 Å². The fourth-order valence-corrected chi connectivity index (χ4v) is 2.71. The van der Waals surface area contributed by atoms with Crippen LogP contribution in [-0.4, -0.2) is 0 Å². The Morgan fingerprint density at radius 3 is 2.26 bits per heavy atom. The lowest BCUT2D eigenvalue weighted by Crippen LogP contribution is -2.13. The van der Waals surface area contributed by atoms with Gasteiger partial charge in [-0.1, -0.05) is 50.2 Å². The molecule has 2 aromatic carbocycles. The number of benzene rings is 2. The van der Waals surface area contributed by atoms with Crippen LogP contribution in [0.1, 0.15) is 42.5 Å². The summed E-state index contributed by atoms with van der Waals surface area (Å²) in [7, 11) is 0. The van der Waals surface area contributed by atoms with Gasteiger partial charge in [-0.05, 0) is 63.8 Å². The van der Waals surface area contributed by atoms with Crippen molar-refractivity contribution in [3.05, 3.63) is 68.8 Å². The van der Waals surface area contributed by atoms with Crippen molar-refractivity contribution in [2.45, 2.75) is 32.2 Å². The predicted octanol–water partition coefficient (Wildman–Crippen LogP) is 4.66. The van der Waals surface area contributed by atoms with Crippen LogP contribution in [0.4, 0.5) is 0 Å². The van der Waals surface area contributed by atoms with Gasteiger partial charge in [0.2, 0.25) is 0 Å². The lowest BCUT2D eigenvalue weighted by molar-refractivity contribution is 0.720. The molecule has 0 aliphatic carbocycles. The monoisotopic (exact) mass is 365 g/mol. The summed E-state index contributed by atoms with van der Waals surface area (Å²) in [5.41, 5.74) is 10.2. The summed E-state index contributed by atoms with van der Waals surface area (Å²) in [6, 6.07) is 17.3. The van der Waals surface area contributed by atoms with Crippen molar-refractivity contribution in [3.8, 4) is 0 Å². The van der Waals surface area contributed by atoms with Crippen LogP contribution in [0, 0.1) is 3.57 Å². The maximum absolute atomic E-state index is 6.29. The van der Waals surface area contributed by atoms with Crippen molar-refractivity contribution in [2.24, 2.45) is 5.73 Å². The van der Waals surface area contributed by atoms with E-state index in [1.165, 1.54) is 20.3 Å². The van der Waals surface area contributed by atoms with Crippen LogP contribution in [0.5, 0.6) is 0 Å². The lowest BCUT2D eigenvalue weighted by atomic mass is 9.97. The molecule has 100 valence electrons. The second-order valence-corrected chi connectivity index (χ2v) is 6.51. The van der Waals surface area contributed by atoms with Crippen molar-refractivity contribution in [3.63, 3.8) is 0 Å². The van der Waals surface area contributed by atoms with E-state index in [0.717, 1.165) is 6.42 Å². The minimum atomic E-state index is 0.0691. The molecule has 0 aliphatic rings. The van der Waals surface area contributed by atoms with Gasteiger partial charge in [0.1, 0.15) is 0 Å². The molecule has 0 saturated carbocycles. The molecule has 0 aliphatic heterocycles. The molecule has 0 spiro atoms. The van der Waals surface area contributed by atoms with Crippen molar-refractivity contribution < 1.29 is 0 Å². The maximum atomic E-state index is 6.29. The van der Waals surface area contributed by atoms with Crippen molar-refractivity contribution in [2.75, 3.05) is 0 Å².